The Morgan fingerprint density at radius 3 is 1.12 bits per heavy atom. The van der Waals surface area contributed by atoms with Crippen molar-refractivity contribution in [2.24, 2.45) is 23.1 Å². The van der Waals surface area contributed by atoms with Gasteiger partial charge in [0.2, 0.25) is 0 Å². The van der Waals surface area contributed by atoms with Crippen LogP contribution in [-0.4, -0.2) is 39.5 Å². The van der Waals surface area contributed by atoms with Crippen molar-refractivity contribution in [1.82, 2.24) is 0 Å². The second-order valence-electron chi connectivity index (χ2n) is 2.78. The third-order valence-electron chi connectivity index (χ3n) is 1.00. The van der Waals surface area contributed by atoms with Crippen molar-refractivity contribution in [1.29, 1.82) is 0 Å². The van der Waals surface area contributed by atoms with Gasteiger partial charge in [-0.25, -0.2) is 9.59 Å². The summed E-state index contributed by atoms with van der Waals surface area (Å²) in [5, 5.41) is 22.6. The second-order valence-corrected chi connectivity index (χ2v) is 2.78. The largest absolute Gasteiger partial charge is 0.480 e. The van der Waals surface area contributed by atoms with Gasteiger partial charge in [0.15, 0.2) is 0 Å². The molecule has 0 saturated heterocycles. The number of hydrogen-bond acceptors (Lipinski definition) is 4. The van der Waals surface area contributed by atoms with Crippen LogP contribution in [0, 0.1) is 5.92 Å². The van der Waals surface area contributed by atoms with Crippen molar-refractivity contribution < 1.29 is 29.7 Å². The fraction of sp³-hybridized carbons (Fsp3) is 0.571. The third kappa shape index (κ3) is 40.4. The first kappa shape index (κ1) is 19.5. The summed E-state index contributed by atoms with van der Waals surface area (Å²) in [5.41, 5.74) is 13.2. The van der Waals surface area contributed by atoms with Crippen molar-refractivity contribution in [3.63, 3.8) is 0 Å². The van der Waals surface area contributed by atoms with Crippen LogP contribution in [-0.2, 0) is 4.79 Å². The summed E-state index contributed by atoms with van der Waals surface area (Å²) in [7, 11) is 0. The number of amides is 2. The van der Waals surface area contributed by atoms with E-state index in [1.807, 2.05) is 0 Å². The Morgan fingerprint density at radius 2 is 1.12 bits per heavy atom. The minimum atomic E-state index is -1.33. The maximum atomic E-state index is 10.0. The van der Waals surface area contributed by atoms with E-state index in [1.165, 1.54) is 0 Å². The molecule has 1 atom stereocenters. The molecule has 0 aliphatic carbocycles. The molecule has 0 unspecified atom stereocenters. The van der Waals surface area contributed by atoms with E-state index in [2.05, 4.69) is 11.5 Å². The number of carboxylic acids is 1. The lowest BCUT2D eigenvalue weighted by molar-refractivity contribution is -0.139. The molecule has 16 heavy (non-hydrogen) atoms. The summed E-state index contributed by atoms with van der Waals surface area (Å²) in [6, 6.07) is -0.713. The molecule has 96 valence electrons. The van der Waals surface area contributed by atoms with Gasteiger partial charge in [-0.05, 0) is 5.92 Å². The van der Waals surface area contributed by atoms with Crippen LogP contribution in [0.4, 0.5) is 9.59 Å². The van der Waals surface area contributed by atoms with Gasteiger partial charge >= 0.3 is 18.2 Å². The van der Waals surface area contributed by atoms with Gasteiger partial charge in [-0.1, -0.05) is 13.8 Å². The Kier molecular flexibility index (Phi) is 13.5. The lowest BCUT2D eigenvalue weighted by Crippen LogP contribution is -2.34. The molecule has 0 aliphatic rings. The zero-order chi connectivity index (χ0) is 13.9. The van der Waals surface area contributed by atoms with Crippen LogP contribution < -0.4 is 17.2 Å². The highest BCUT2D eigenvalue weighted by Gasteiger charge is 2.14. The van der Waals surface area contributed by atoms with Gasteiger partial charge in [-0.2, -0.15) is 0 Å². The standard InChI is InChI=1S/C5H11NO2.2CH3NO2/c1-3(2)4(6)5(7)8;2*2-1(3)4/h3-4H,6H2,1-2H3,(H,7,8);2*2H2,(H,3,4)/t4-;;/m0../s1. The Morgan fingerprint density at radius 1 is 0.938 bits per heavy atom. The normalized spacial score (nSPS) is 10.0. The summed E-state index contributed by atoms with van der Waals surface area (Å²) in [5.74, 6) is -0.910. The Labute approximate surface area is 91.8 Å². The topological polar surface area (TPSA) is 190 Å². The maximum absolute atomic E-state index is 10.0. The summed E-state index contributed by atoms with van der Waals surface area (Å²) in [6.07, 6.45) is -2.67. The number of carboxylic acid groups (broad SMARTS) is 3. The van der Waals surface area contributed by atoms with Crippen LogP contribution in [0.1, 0.15) is 13.8 Å². The van der Waals surface area contributed by atoms with Gasteiger partial charge in [-0.15, -0.1) is 0 Å². The zero-order valence-electron chi connectivity index (χ0n) is 8.95. The molecule has 9 heteroatoms. The average molecular weight is 239 g/mol. The minimum absolute atomic E-state index is 0.0208. The molecule has 9 nitrogen and oxygen atoms in total. The maximum Gasteiger partial charge on any atom is 0.402 e. The number of aliphatic carboxylic acids is 1. The first-order valence-electron chi connectivity index (χ1n) is 3.97. The first-order valence-corrected chi connectivity index (χ1v) is 3.97. The van der Waals surface area contributed by atoms with Crippen molar-refractivity contribution in [2.75, 3.05) is 0 Å². The quantitative estimate of drug-likeness (QED) is 0.367. The van der Waals surface area contributed by atoms with Crippen molar-refractivity contribution in [2.45, 2.75) is 19.9 Å². The van der Waals surface area contributed by atoms with Crippen LogP contribution in [0.15, 0.2) is 0 Å². The minimum Gasteiger partial charge on any atom is -0.480 e. The van der Waals surface area contributed by atoms with Gasteiger partial charge in [0.1, 0.15) is 6.04 Å². The molecule has 0 aromatic rings. The number of carbonyl (C=O) groups is 3. The van der Waals surface area contributed by atoms with Crippen LogP contribution in [0.5, 0.6) is 0 Å². The Balaban J connectivity index is -0.000000179. The number of nitrogens with two attached hydrogens (primary N) is 3. The lowest BCUT2D eigenvalue weighted by Gasteiger charge is -2.07. The molecule has 0 spiro atoms. The predicted molar refractivity (Wildman–Crippen MR) is 54.9 cm³/mol. The summed E-state index contributed by atoms with van der Waals surface area (Å²) in [6.45, 7) is 3.55. The molecule has 2 amide bonds. The summed E-state index contributed by atoms with van der Waals surface area (Å²) < 4.78 is 0. The number of hydrogen-bond donors (Lipinski definition) is 6. The third-order valence-corrected chi connectivity index (χ3v) is 1.00. The fourth-order valence-electron chi connectivity index (χ4n) is 0.285. The van der Waals surface area contributed by atoms with E-state index in [0.717, 1.165) is 0 Å². The highest BCUT2D eigenvalue weighted by Crippen LogP contribution is 1.96. The molecular weight excluding hydrogens is 222 g/mol. The predicted octanol–water partition coefficient (Wildman–Crippen LogP) is -0.699. The molecule has 9 N–H and O–H groups in total. The summed E-state index contributed by atoms with van der Waals surface area (Å²) in [4.78, 5) is 27.6. The van der Waals surface area contributed by atoms with Crippen LogP contribution in [0.25, 0.3) is 0 Å². The van der Waals surface area contributed by atoms with Crippen LogP contribution >= 0.6 is 0 Å². The highest BCUT2D eigenvalue weighted by molar-refractivity contribution is 5.73. The van der Waals surface area contributed by atoms with E-state index in [9.17, 15) is 4.79 Å². The molecule has 0 radical (unpaired) electrons. The van der Waals surface area contributed by atoms with Gasteiger partial charge in [0.25, 0.3) is 0 Å². The summed E-state index contributed by atoms with van der Waals surface area (Å²) >= 11 is 0. The van der Waals surface area contributed by atoms with E-state index < -0.39 is 24.2 Å². The molecular formula is C7H17N3O6. The fourth-order valence-corrected chi connectivity index (χ4v) is 0.285. The van der Waals surface area contributed by atoms with E-state index in [1.54, 1.807) is 13.8 Å². The van der Waals surface area contributed by atoms with Crippen molar-refractivity contribution in [3.05, 3.63) is 0 Å². The average Bonchev–Trinajstić information content (AvgIpc) is 2.00. The van der Waals surface area contributed by atoms with E-state index in [0.29, 0.717) is 0 Å². The monoisotopic (exact) mass is 239 g/mol. The zero-order valence-corrected chi connectivity index (χ0v) is 8.95. The van der Waals surface area contributed by atoms with Gasteiger partial charge in [-0.3, -0.25) is 4.79 Å². The van der Waals surface area contributed by atoms with Gasteiger partial charge < -0.3 is 32.5 Å². The molecule has 0 aliphatic heterocycles. The SMILES string of the molecule is CC(C)[C@H](N)C(=O)O.NC(=O)O.NC(=O)O. The van der Waals surface area contributed by atoms with Crippen molar-refractivity contribution >= 4 is 18.2 Å². The van der Waals surface area contributed by atoms with Gasteiger partial charge in [0.05, 0.1) is 0 Å². The number of rotatable bonds is 2. The molecule has 0 fully saturated rings. The number of primary amides is 2. The Bertz CT molecular complexity index is 210. The van der Waals surface area contributed by atoms with Gasteiger partial charge in [0, 0.05) is 0 Å². The van der Waals surface area contributed by atoms with E-state index >= 15 is 0 Å². The highest BCUT2D eigenvalue weighted by atomic mass is 16.4. The molecule has 0 heterocycles. The van der Waals surface area contributed by atoms with E-state index in [-0.39, 0.29) is 5.92 Å². The first-order chi connectivity index (χ1) is 7.02. The Hall–Kier alpha value is -2.03. The second kappa shape index (κ2) is 11.0. The molecule has 0 aromatic heterocycles. The lowest BCUT2D eigenvalue weighted by atomic mass is 10.1. The molecule has 0 aromatic carbocycles. The molecule has 0 bridgehead atoms. The van der Waals surface area contributed by atoms with Crippen molar-refractivity contribution in [3.8, 4) is 0 Å². The van der Waals surface area contributed by atoms with Crippen LogP contribution in [0.2, 0.25) is 0 Å². The molecule has 0 saturated carbocycles. The molecule has 0 rings (SSSR count). The van der Waals surface area contributed by atoms with Crippen LogP contribution in [0.3, 0.4) is 0 Å². The van der Waals surface area contributed by atoms with E-state index in [4.69, 9.17) is 30.6 Å². The smallest absolute Gasteiger partial charge is 0.402 e.